The van der Waals surface area contributed by atoms with Gasteiger partial charge in [0.25, 0.3) is 0 Å². The number of rotatable bonds is 10. The summed E-state index contributed by atoms with van der Waals surface area (Å²) >= 11 is 0. The second-order valence-corrected chi connectivity index (χ2v) is 8.56. The number of aromatic nitrogens is 1. The second-order valence-electron chi connectivity index (χ2n) is 8.56. The molecule has 0 bridgehead atoms. The molecular weight excluding hydrogens is 402 g/mol. The number of hydrogen-bond acceptors (Lipinski definition) is 5. The Morgan fingerprint density at radius 1 is 1.16 bits per heavy atom. The SMILES string of the molecule is CCNC(=NCc1ccc(N2CCC(CO)CC2)cc1)NCc1cc(C(CC)CC)no1. The maximum Gasteiger partial charge on any atom is 0.191 e. The molecule has 0 saturated carbocycles. The molecule has 0 radical (unpaired) electrons. The average Bonchev–Trinajstić information content (AvgIpc) is 3.31. The van der Waals surface area contributed by atoms with Crippen LogP contribution < -0.4 is 15.5 Å². The van der Waals surface area contributed by atoms with E-state index in [0.29, 0.717) is 31.5 Å². The molecular formula is C25H39N5O2. The molecule has 1 aliphatic heterocycles. The van der Waals surface area contributed by atoms with E-state index in [1.807, 2.05) is 0 Å². The number of guanidine groups is 1. The molecule has 2 heterocycles. The first-order chi connectivity index (χ1) is 15.7. The molecule has 7 nitrogen and oxygen atoms in total. The van der Waals surface area contributed by atoms with Gasteiger partial charge in [-0.25, -0.2) is 4.99 Å². The van der Waals surface area contributed by atoms with Gasteiger partial charge in [0.05, 0.1) is 18.8 Å². The number of piperidine rings is 1. The van der Waals surface area contributed by atoms with Gasteiger partial charge in [-0.05, 0) is 56.2 Å². The zero-order chi connectivity index (χ0) is 22.8. The highest BCUT2D eigenvalue weighted by atomic mass is 16.5. The summed E-state index contributed by atoms with van der Waals surface area (Å²) < 4.78 is 5.51. The van der Waals surface area contributed by atoms with Crippen molar-refractivity contribution in [2.24, 2.45) is 10.9 Å². The highest BCUT2D eigenvalue weighted by molar-refractivity contribution is 5.79. The minimum atomic E-state index is 0.308. The van der Waals surface area contributed by atoms with E-state index < -0.39 is 0 Å². The Hall–Kier alpha value is -2.54. The van der Waals surface area contributed by atoms with Crippen LogP contribution in [-0.4, -0.2) is 42.5 Å². The predicted molar refractivity (Wildman–Crippen MR) is 130 cm³/mol. The lowest BCUT2D eigenvalue weighted by Crippen LogP contribution is -2.36. The van der Waals surface area contributed by atoms with Crippen molar-refractivity contribution < 1.29 is 9.63 Å². The molecule has 1 fully saturated rings. The Morgan fingerprint density at radius 3 is 2.50 bits per heavy atom. The molecule has 0 unspecified atom stereocenters. The van der Waals surface area contributed by atoms with Crippen LogP contribution in [0.4, 0.5) is 5.69 Å². The van der Waals surface area contributed by atoms with E-state index in [9.17, 15) is 5.11 Å². The molecule has 3 rings (SSSR count). The summed E-state index contributed by atoms with van der Waals surface area (Å²) in [6.45, 7) is 10.7. The van der Waals surface area contributed by atoms with Gasteiger partial charge >= 0.3 is 0 Å². The first kappa shape index (κ1) is 24.1. The van der Waals surface area contributed by atoms with Crippen molar-refractivity contribution in [3.05, 3.63) is 47.3 Å². The zero-order valence-corrected chi connectivity index (χ0v) is 19.8. The monoisotopic (exact) mass is 441 g/mol. The van der Waals surface area contributed by atoms with E-state index in [1.54, 1.807) is 0 Å². The van der Waals surface area contributed by atoms with Crippen LogP contribution in [-0.2, 0) is 13.1 Å². The molecule has 0 amide bonds. The van der Waals surface area contributed by atoms with Gasteiger partial charge in [0, 0.05) is 43.9 Å². The van der Waals surface area contributed by atoms with Crippen molar-refractivity contribution in [3.63, 3.8) is 0 Å². The summed E-state index contributed by atoms with van der Waals surface area (Å²) in [5.41, 5.74) is 3.46. The van der Waals surface area contributed by atoms with Crippen LogP contribution in [0.15, 0.2) is 39.8 Å². The van der Waals surface area contributed by atoms with Crippen LogP contribution >= 0.6 is 0 Å². The van der Waals surface area contributed by atoms with Gasteiger partial charge in [0.2, 0.25) is 0 Å². The highest BCUT2D eigenvalue weighted by Crippen LogP contribution is 2.24. The van der Waals surface area contributed by atoms with Crippen molar-refractivity contribution in [2.45, 2.75) is 65.5 Å². The molecule has 0 spiro atoms. The Morgan fingerprint density at radius 2 is 1.88 bits per heavy atom. The molecule has 0 atom stereocenters. The Balaban J connectivity index is 1.53. The lowest BCUT2D eigenvalue weighted by atomic mass is 9.97. The van der Waals surface area contributed by atoms with E-state index in [0.717, 1.165) is 62.7 Å². The van der Waals surface area contributed by atoms with Crippen molar-refractivity contribution in [3.8, 4) is 0 Å². The number of aliphatic hydroxyl groups is 1. The Kier molecular flexibility index (Phi) is 9.41. The van der Waals surface area contributed by atoms with Gasteiger partial charge in [-0.15, -0.1) is 0 Å². The molecule has 3 N–H and O–H groups in total. The van der Waals surface area contributed by atoms with Gasteiger partial charge in [-0.2, -0.15) is 0 Å². The van der Waals surface area contributed by atoms with Gasteiger partial charge in [-0.1, -0.05) is 31.1 Å². The third kappa shape index (κ3) is 6.73. The molecule has 7 heteroatoms. The van der Waals surface area contributed by atoms with Crippen molar-refractivity contribution >= 4 is 11.6 Å². The number of anilines is 1. The van der Waals surface area contributed by atoms with Gasteiger partial charge in [-0.3, -0.25) is 0 Å². The topological polar surface area (TPSA) is 85.9 Å². The van der Waals surface area contributed by atoms with E-state index >= 15 is 0 Å². The molecule has 0 aliphatic carbocycles. The van der Waals surface area contributed by atoms with Crippen LogP contribution in [0.3, 0.4) is 0 Å². The molecule has 1 aromatic carbocycles. The summed E-state index contributed by atoms with van der Waals surface area (Å²) in [4.78, 5) is 7.13. The number of aliphatic hydroxyl groups excluding tert-OH is 1. The number of hydrogen-bond donors (Lipinski definition) is 3. The lowest BCUT2D eigenvalue weighted by Gasteiger charge is -2.32. The average molecular weight is 442 g/mol. The zero-order valence-electron chi connectivity index (χ0n) is 19.8. The Bertz CT molecular complexity index is 821. The van der Waals surface area contributed by atoms with Gasteiger partial charge in [0.1, 0.15) is 0 Å². The number of benzene rings is 1. The van der Waals surface area contributed by atoms with E-state index in [4.69, 9.17) is 9.52 Å². The molecule has 2 aromatic rings. The van der Waals surface area contributed by atoms with Crippen LogP contribution in [0.5, 0.6) is 0 Å². The standard InChI is InChI=1S/C25H39N5O2/c1-4-21(5-2)24-15-23(32-29-24)17-28-25(26-6-3)27-16-19-7-9-22(10-8-19)30-13-11-20(18-31)12-14-30/h7-10,15,20-21,31H,4-6,11-14,16-18H2,1-3H3,(H2,26,27,28). The normalized spacial score (nSPS) is 15.4. The van der Waals surface area contributed by atoms with Crippen molar-refractivity contribution in [2.75, 3.05) is 31.1 Å². The molecule has 1 saturated heterocycles. The largest absolute Gasteiger partial charge is 0.396 e. The first-order valence-corrected chi connectivity index (χ1v) is 12.1. The van der Waals surface area contributed by atoms with Crippen molar-refractivity contribution in [1.29, 1.82) is 0 Å². The summed E-state index contributed by atoms with van der Waals surface area (Å²) in [6, 6.07) is 10.7. The van der Waals surface area contributed by atoms with Crippen LogP contribution in [0.25, 0.3) is 0 Å². The Labute approximate surface area is 192 Å². The fraction of sp³-hybridized carbons (Fsp3) is 0.600. The van der Waals surface area contributed by atoms with Crippen LogP contribution in [0, 0.1) is 5.92 Å². The first-order valence-electron chi connectivity index (χ1n) is 12.1. The van der Waals surface area contributed by atoms with E-state index in [-0.39, 0.29) is 0 Å². The van der Waals surface area contributed by atoms with Crippen LogP contribution in [0.1, 0.15) is 69.4 Å². The fourth-order valence-electron chi connectivity index (χ4n) is 4.18. The van der Waals surface area contributed by atoms with Gasteiger partial charge < -0.3 is 25.2 Å². The quantitative estimate of drug-likeness (QED) is 0.381. The molecule has 1 aliphatic rings. The summed E-state index contributed by atoms with van der Waals surface area (Å²) in [7, 11) is 0. The number of nitrogens with zero attached hydrogens (tertiary/aromatic N) is 3. The molecule has 1 aromatic heterocycles. The van der Waals surface area contributed by atoms with Crippen LogP contribution in [0.2, 0.25) is 0 Å². The summed E-state index contributed by atoms with van der Waals surface area (Å²) in [5.74, 6) is 2.51. The van der Waals surface area contributed by atoms with E-state index in [2.05, 4.69) is 71.8 Å². The minimum Gasteiger partial charge on any atom is -0.396 e. The van der Waals surface area contributed by atoms with Gasteiger partial charge in [0.15, 0.2) is 11.7 Å². The number of aliphatic imine (C=N–C) groups is 1. The smallest absolute Gasteiger partial charge is 0.191 e. The third-order valence-electron chi connectivity index (χ3n) is 6.35. The highest BCUT2D eigenvalue weighted by Gasteiger charge is 2.18. The lowest BCUT2D eigenvalue weighted by molar-refractivity contribution is 0.203. The minimum absolute atomic E-state index is 0.308. The third-order valence-corrected chi connectivity index (χ3v) is 6.35. The van der Waals surface area contributed by atoms with E-state index in [1.165, 1.54) is 11.3 Å². The molecule has 32 heavy (non-hydrogen) atoms. The second kappa shape index (κ2) is 12.5. The number of nitrogens with one attached hydrogen (secondary N) is 2. The maximum atomic E-state index is 9.32. The fourth-order valence-corrected chi connectivity index (χ4v) is 4.18. The molecule has 176 valence electrons. The summed E-state index contributed by atoms with van der Waals surface area (Å²) in [6.07, 6.45) is 4.26. The van der Waals surface area contributed by atoms with Crippen molar-refractivity contribution in [1.82, 2.24) is 15.8 Å². The maximum absolute atomic E-state index is 9.32. The summed E-state index contributed by atoms with van der Waals surface area (Å²) in [5, 5.41) is 20.2. The predicted octanol–water partition coefficient (Wildman–Crippen LogP) is 4.04.